The van der Waals surface area contributed by atoms with Gasteiger partial charge in [0.2, 0.25) is 5.91 Å². The van der Waals surface area contributed by atoms with Gasteiger partial charge in [-0.25, -0.2) is 0 Å². The highest BCUT2D eigenvalue weighted by molar-refractivity contribution is 5.93. The molecule has 3 rings (SSSR count). The first-order valence-electron chi connectivity index (χ1n) is 6.33. The average Bonchev–Trinajstić information content (AvgIpc) is 2.89. The predicted octanol–water partition coefficient (Wildman–Crippen LogP) is 3.14. The standard InChI is InChI=1S/C16H14N2O2/c17-16(19)11-4-3-5-13(8-11)18-9-12-10-20-15-7-2-1-6-14(12)15/h1-8,10,18H,9H2,(H2,17,19). The SMILES string of the molecule is NC(=O)c1cccc(NCc2coc3ccccc23)c1. The molecule has 1 amide bonds. The second kappa shape index (κ2) is 5.09. The Morgan fingerprint density at radius 3 is 2.85 bits per heavy atom. The highest BCUT2D eigenvalue weighted by Gasteiger charge is 2.05. The molecule has 0 saturated heterocycles. The molecule has 3 aromatic rings. The van der Waals surface area contributed by atoms with Gasteiger partial charge in [-0.15, -0.1) is 0 Å². The van der Waals surface area contributed by atoms with E-state index in [2.05, 4.69) is 5.32 Å². The zero-order chi connectivity index (χ0) is 13.9. The van der Waals surface area contributed by atoms with Gasteiger partial charge < -0.3 is 15.5 Å². The lowest BCUT2D eigenvalue weighted by Gasteiger charge is -2.06. The number of carbonyl (C=O) groups is 1. The van der Waals surface area contributed by atoms with Crippen LogP contribution in [0.1, 0.15) is 15.9 Å². The van der Waals surface area contributed by atoms with Crippen LogP contribution in [0.4, 0.5) is 5.69 Å². The van der Waals surface area contributed by atoms with Crippen LogP contribution >= 0.6 is 0 Å². The predicted molar refractivity (Wildman–Crippen MR) is 78.5 cm³/mol. The molecule has 0 unspecified atom stereocenters. The van der Waals surface area contributed by atoms with Gasteiger partial charge in [-0.1, -0.05) is 24.3 Å². The summed E-state index contributed by atoms with van der Waals surface area (Å²) in [6, 6.07) is 15.0. The van der Waals surface area contributed by atoms with Crippen molar-refractivity contribution >= 4 is 22.6 Å². The van der Waals surface area contributed by atoms with E-state index in [1.165, 1.54) is 0 Å². The minimum absolute atomic E-state index is 0.428. The van der Waals surface area contributed by atoms with Gasteiger partial charge in [-0.2, -0.15) is 0 Å². The maximum absolute atomic E-state index is 11.1. The molecular formula is C16H14N2O2. The summed E-state index contributed by atoms with van der Waals surface area (Å²) in [5.74, 6) is -0.428. The van der Waals surface area contributed by atoms with Crippen LogP contribution in [0.5, 0.6) is 0 Å². The number of hydrogen-bond acceptors (Lipinski definition) is 3. The van der Waals surface area contributed by atoms with Gasteiger partial charge in [0.25, 0.3) is 0 Å². The lowest BCUT2D eigenvalue weighted by atomic mass is 10.1. The minimum atomic E-state index is -0.428. The van der Waals surface area contributed by atoms with E-state index in [0.717, 1.165) is 22.2 Å². The van der Waals surface area contributed by atoms with E-state index in [-0.39, 0.29) is 0 Å². The van der Waals surface area contributed by atoms with Gasteiger partial charge in [-0.05, 0) is 24.3 Å². The summed E-state index contributed by atoms with van der Waals surface area (Å²) in [5.41, 5.74) is 8.56. The Morgan fingerprint density at radius 1 is 1.15 bits per heavy atom. The molecule has 0 fully saturated rings. The Hall–Kier alpha value is -2.75. The zero-order valence-electron chi connectivity index (χ0n) is 10.8. The number of hydrogen-bond donors (Lipinski definition) is 2. The topological polar surface area (TPSA) is 68.3 Å². The Labute approximate surface area is 116 Å². The number of para-hydroxylation sites is 1. The number of furan rings is 1. The van der Waals surface area contributed by atoms with E-state index in [0.29, 0.717) is 12.1 Å². The first kappa shape index (κ1) is 12.3. The molecule has 3 N–H and O–H groups in total. The van der Waals surface area contributed by atoms with Crippen LogP contribution in [0.3, 0.4) is 0 Å². The summed E-state index contributed by atoms with van der Waals surface area (Å²) < 4.78 is 5.49. The zero-order valence-corrected chi connectivity index (χ0v) is 10.8. The molecule has 0 aliphatic rings. The molecule has 0 atom stereocenters. The lowest BCUT2D eigenvalue weighted by Crippen LogP contribution is -2.11. The third-order valence-electron chi connectivity index (χ3n) is 3.19. The number of carbonyl (C=O) groups excluding carboxylic acids is 1. The van der Waals surface area contributed by atoms with Crippen molar-refractivity contribution in [1.29, 1.82) is 0 Å². The highest BCUT2D eigenvalue weighted by Crippen LogP contribution is 2.21. The molecule has 1 heterocycles. The number of amides is 1. The van der Waals surface area contributed by atoms with Gasteiger partial charge >= 0.3 is 0 Å². The fraction of sp³-hybridized carbons (Fsp3) is 0.0625. The van der Waals surface area contributed by atoms with Crippen LogP contribution in [0.15, 0.2) is 59.2 Å². The quantitative estimate of drug-likeness (QED) is 0.762. The molecule has 2 aromatic carbocycles. The van der Waals surface area contributed by atoms with Crippen molar-refractivity contribution in [2.45, 2.75) is 6.54 Å². The maximum Gasteiger partial charge on any atom is 0.248 e. The normalized spacial score (nSPS) is 10.6. The molecule has 0 spiro atoms. The molecule has 0 aliphatic carbocycles. The van der Waals surface area contributed by atoms with Gasteiger partial charge in [0, 0.05) is 28.7 Å². The maximum atomic E-state index is 11.1. The fourth-order valence-electron chi connectivity index (χ4n) is 2.15. The van der Waals surface area contributed by atoms with Crippen LogP contribution in [0.25, 0.3) is 11.0 Å². The molecule has 1 aromatic heterocycles. The van der Waals surface area contributed by atoms with Crippen LogP contribution in [0, 0.1) is 0 Å². The summed E-state index contributed by atoms with van der Waals surface area (Å²) in [6.07, 6.45) is 1.75. The number of nitrogens with two attached hydrogens (primary N) is 1. The van der Waals surface area contributed by atoms with Crippen LogP contribution in [-0.4, -0.2) is 5.91 Å². The molecule has 0 saturated carbocycles. The van der Waals surface area contributed by atoms with Crippen LogP contribution in [-0.2, 0) is 6.54 Å². The number of primary amides is 1. The second-order valence-electron chi connectivity index (χ2n) is 4.56. The van der Waals surface area contributed by atoms with Gasteiger partial charge in [0.05, 0.1) is 6.26 Å². The summed E-state index contributed by atoms with van der Waals surface area (Å²) in [6.45, 7) is 0.624. The summed E-state index contributed by atoms with van der Waals surface area (Å²) in [7, 11) is 0. The van der Waals surface area contributed by atoms with Crippen LogP contribution < -0.4 is 11.1 Å². The molecule has 0 aliphatic heterocycles. The Bertz CT molecular complexity index is 762. The van der Waals surface area contributed by atoms with Crippen molar-refractivity contribution in [3.05, 3.63) is 65.9 Å². The molecule has 0 bridgehead atoms. The first-order chi connectivity index (χ1) is 9.74. The average molecular weight is 266 g/mol. The molecule has 100 valence electrons. The van der Waals surface area contributed by atoms with Crippen molar-refractivity contribution in [2.75, 3.05) is 5.32 Å². The van der Waals surface area contributed by atoms with E-state index in [1.807, 2.05) is 30.3 Å². The van der Waals surface area contributed by atoms with Crippen molar-refractivity contribution in [3.63, 3.8) is 0 Å². The minimum Gasteiger partial charge on any atom is -0.464 e. The molecule has 4 heteroatoms. The number of nitrogens with one attached hydrogen (secondary N) is 1. The summed E-state index contributed by atoms with van der Waals surface area (Å²) in [5, 5.41) is 4.36. The largest absolute Gasteiger partial charge is 0.464 e. The third kappa shape index (κ3) is 2.36. The molecule has 0 radical (unpaired) electrons. The van der Waals surface area contributed by atoms with E-state index in [1.54, 1.807) is 24.5 Å². The fourth-order valence-corrected chi connectivity index (χ4v) is 2.15. The monoisotopic (exact) mass is 266 g/mol. The van der Waals surface area contributed by atoms with Crippen molar-refractivity contribution in [1.82, 2.24) is 0 Å². The van der Waals surface area contributed by atoms with Crippen molar-refractivity contribution in [3.8, 4) is 0 Å². The van der Waals surface area contributed by atoms with Crippen molar-refractivity contribution < 1.29 is 9.21 Å². The number of benzene rings is 2. The Kier molecular flexibility index (Phi) is 3.13. The Balaban J connectivity index is 1.79. The van der Waals surface area contributed by atoms with Gasteiger partial charge in [0.1, 0.15) is 5.58 Å². The first-order valence-corrected chi connectivity index (χ1v) is 6.33. The highest BCUT2D eigenvalue weighted by atomic mass is 16.3. The summed E-state index contributed by atoms with van der Waals surface area (Å²) in [4.78, 5) is 11.1. The van der Waals surface area contributed by atoms with Crippen LogP contribution in [0.2, 0.25) is 0 Å². The number of anilines is 1. The van der Waals surface area contributed by atoms with E-state index < -0.39 is 5.91 Å². The molecule has 20 heavy (non-hydrogen) atoms. The number of fused-ring (bicyclic) bond motifs is 1. The second-order valence-corrected chi connectivity index (χ2v) is 4.56. The lowest BCUT2D eigenvalue weighted by molar-refractivity contribution is 0.100. The smallest absolute Gasteiger partial charge is 0.248 e. The summed E-state index contributed by atoms with van der Waals surface area (Å²) >= 11 is 0. The third-order valence-corrected chi connectivity index (χ3v) is 3.19. The van der Waals surface area contributed by atoms with Gasteiger partial charge in [0.15, 0.2) is 0 Å². The van der Waals surface area contributed by atoms with Crippen molar-refractivity contribution in [2.24, 2.45) is 5.73 Å². The molecule has 4 nitrogen and oxygen atoms in total. The van der Waals surface area contributed by atoms with E-state index in [4.69, 9.17) is 10.2 Å². The molecular weight excluding hydrogens is 252 g/mol. The van der Waals surface area contributed by atoms with E-state index in [9.17, 15) is 4.79 Å². The van der Waals surface area contributed by atoms with E-state index >= 15 is 0 Å². The number of rotatable bonds is 4. The van der Waals surface area contributed by atoms with Gasteiger partial charge in [-0.3, -0.25) is 4.79 Å². The Morgan fingerprint density at radius 2 is 2.00 bits per heavy atom.